The number of aromatic nitrogens is 3. The summed E-state index contributed by atoms with van der Waals surface area (Å²) in [5.74, 6) is 0. The molecule has 0 saturated carbocycles. The summed E-state index contributed by atoms with van der Waals surface area (Å²) in [6, 6.07) is 5.64. The number of nitrogens with one attached hydrogen (secondary N) is 1. The molecule has 1 aromatic carbocycles. The van der Waals surface area contributed by atoms with E-state index in [2.05, 4.69) is 29.5 Å². The summed E-state index contributed by atoms with van der Waals surface area (Å²) in [5.41, 5.74) is 2.64. The third-order valence-electron chi connectivity index (χ3n) is 3.20. The lowest BCUT2D eigenvalue weighted by Crippen LogP contribution is -2.20. The molecular formula is C14H18Cl2N4. The van der Waals surface area contributed by atoms with Gasteiger partial charge in [-0.25, -0.2) is 4.68 Å². The van der Waals surface area contributed by atoms with Crippen molar-refractivity contribution >= 4 is 23.2 Å². The van der Waals surface area contributed by atoms with Gasteiger partial charge in [-0.3, -0.25) is 0 Å². The Morgan fingerprint density at radius 3 is 2.80 bits per heavy atom. The summed E-state index contributed by atoms with van der Waals surface area (Å²) in [7, 11) is 0. The van der Waals surface area contributed by atoms with Gasteiger partial charge < -0.3 is 5.32 Å². The number of hydrogen-bond acceptors (Lipinski definition) is 3. The molecule has 108 valence electrons. The molecule has 0 radical (unpaired) electrons. The van der Waals surface area contributed by atoms with Crippen LogP contribution in [0.3, 0.4) is 0 Å². The highest BCUT2D eigenvalue weighted by Gasteiger charge is 2.17. The third-order valence-corrected chi connectivity index (χ3v) is 4.01. The maximum atomic E-state index is 6.24. The van der Waals surface area contributed by atoms with Crippen LogP contribution in [0.4, 0.5) is 0 Å². The molecule has 0 saturated heterocycles. The van der Waals surface area contributed by atoms with Crippen molar-refractivity contribution in [1.29, 1.82) is 0 Å². The van der Waals surface area contributed by atoms with Crippen LogP contribution in [0, 0.1) is 6.92 Å². The van der Waals surface area contributed by atoms with Crippen molar-refractivity contribution < 1.29 is 0 Å². The predicted octanol–water partition coefficient (Wildman–Crippen LogP) is 3.94. The van der Waals surface area contributed by atoms with E-state index in [9.17, 15) is 0 Å². The van der Waals surface area contributed by atoms with Gasteiger partial charge in [-0.05, 0) is 38.9 Å². The van der Waals surface area contributed by atoms with Gasteiger partial charge in [0.05, 0.1) is 27.5 Å². The fraction of sp³-hybridized carbons (Fsp3) is 0.429. The molecule has 0 spiro atoms. The molecule has 0 amide bonds. The lowest BCUT2D eigenvalue weighted by molar-refractivity contribution is 0.555. The van der Waals surface area contributed by atoms with E-state index in [0.29, 0.717) is 10.0 Å². The first-order valence-corrected chi connectivity index (χ1v) is 7.41. The summed E-state index contributed by atoms with van der Waals surface area (Å²) in [5, 5.41) is 12.9. The molecular weight excluding hydrogens is 295 g/mol. The predicted molar refractivity (Wildman–Crippen MR) is 82.8 cm³/mol. The first-order valence-electron chi connectivity index (χ1n) is 6.66. The van der Waals surface area contributed by atoms with Gasteiger partial charge in [-0.2, -0.15) is 0 Å². The van der Waals surface area contributed by atoms with Gasteiger partial charge in [0.2, 0.25) is 0 Å². The first-order chi connectivity index (χ1) is 9.56. The van der Waals surface area contributed by atoms with Crippen LogP contribution in [0.5, 0.6) is 0 Å². The molecule has 1 aromatic heterocycles. The van der Waals surface area contributed by atoms with Crippen LogP contribution >= 0.6 is 23.2 Å². The minimum absolute atomic E-state index is 0.154. The number of nitrogens with zero attached hydrogens (tertiary/aromatic N) is 3. The number of halogens is 2. The van der Waals surface area contributed by atoms with E-state index < -0.39 is 0 Å². The lowest BCUT2D eigenvalue weighted by Gasteiger charge is -2.12. The highest BCUT2D eigenvalue weighted by molar-refractivity contribution is 6.43. The molecule has 1 atom stereocenters. The molecule has 0 fully saturated rings. The Bertz CT molecular complexity index is 595. The first kappa shape index (κ1) is 15.3. The Labute approximate surface area is 129 Å². The summed E-state index contributed by atoms with van der Waals surface area (Å²) in [6.07, 6.45) is 1.08. The molecule has 0 aliphatic rings. The molecule has 0 aliphatic carbocycles. The van der Waals surface area contributed by atoms with Gasteiger partial charge >= 0.3 is 0 Å². The molecule has 1 N–H and O–H groups in total. The fourth-order valence-corrected chi connectivity index (χ4v) is 2.46. The highest BCUT2D eigenvalue weighted by atomic mass is 35.5. The van der Waals surface area contributed by atoms with Crippen LogP contribution in [0.25, 0.3) is 5.69 Å². The van der Waals surface area contributed by atoms with Crippen LogP contribution in [-0.4, -0.2) is 21.5 Å². The average Bonchev–Trinajstić information content (AvgIpc) is 2.81. The van der Waals surface area contributed by atoms with Gasteiger partial charge in [0.1, 0.15) is 5.69 Å². The van der Waals surface area contributed by atoms with E-state index in [1.807, 2.05) is 19.1 Å². The quantitative estimate of drug-likeness (QED) is 0.909. The van der Waals surface area contributed by atoms with E-state index in [4.69, 9.17) is 23.2 Å². The van der Waals surface area contributed by atoms with Crippen LogP contribution in [0.15, 0.2) is 18.2 Å². The van der Waals surface area contributed by atoms with Crippen molar-refractivity contribution in [3.63, 3.8) is 0 Å². The second kappa shape index (κ2) is 6.57. The molecule has 0 aliphatic heterocycles. The van der Waals surface area contributed by atoms with Crippen molar-refractivity contribution in [2.45, 2.75) is 33.2 Å². The van der Waals surface area contributed by atoms with Gasteiger partial charge in [0.25, 0.3) is 0 Å². The van der Waals surface area contributed by atoms with Gasteiger partial charge in [-0.15, -0.1) is 5.10 Å². The second-order valence-electron chi connectivity index (χ2n) is 4.72. The van der Waals surface area contributed by atoms with Crippen molar-refractivity contribution in [1.82, 2.24) is 20.3 Å². The highest BCUT2D eigenvalue weighted by Crippen LogP contribution is 2.29. The topological polar surface area (TPSA) is 42.7 Å². The Balaban J connectivity index is 2.35. The molecule has 2 aromatic rings. The maximum Gasteiger partial charge on any atom is 0.103 e. The molecule has 1 unspecified atom stereocenters. The van der Waals surface area contributed by atoms with Gasteiger partial charge in [-0.1, -0.05) is 41.4 Å². The Hall–Kier alpha value is -1.10. The summed E-state index contributed by atoms with van der Waals surface area (Å²) in [4.78, 5) is 0. The van der Waals surface area contributed by atoms with Crippen LogP contribution in [0.2, 0.25) is 10.0 Å². The molecule has 2 rings (SSSR count). The Kier molecular flexibility index (Phi) is 5.02. The van der Waals surface area contributed by atoms with Crippen LogP contribution in [0.1, 0.15) is 37.7 Å². The normalized spacial score (nSPS) is 12.7. The standard InChI is InChI=1S/C14H18Cl2N4/c1-4-8-17-9(2)14-10(3)20(19-18-14)12-7-5-6-11(15)13(12)16/h5-7,9,17H,4,8H2,1-3H3. The fourth-order valence-electron chi connectivity index (χ4n) is 2.08. The number of hydrogen-bond donors (Lipinski definition) is 1. The molecule has 4 nitrogen and oxygen atoms in total. The minimum Gasteiger partial charge on any atom is -0.309 e. The molecule has 1 heterocycles. The van der Waals surface area contributed by atoms with Crippen molar-refractivity contribution in [2.75, 3.05) is 6.54 Å². The van der Waals surface area contributed by atoms with Crippen molar-refractivity contribution in [2.24, 2.45) is 0 Å². The van der Waals surface area contributed by atoms with E-state index >= 15 is 0 Å². The van der Waals surface area contributed by atoms with Gasteiger partial charge in [0.15, 0.2) is 0 Å². The van der Waals surface area contributed by atoms with Crippen LogP contribution in [-0.2, 0) is 0 Å². The second-order valence-corrected chi connectivity index (χ2v) is 5.51. The van der Waals surface area contributed by atoms with Gasteiger partial charge in [0, 0.05) is 0 Å². The smallest absolute Gasteiger partial charge is 0.103 e. The zero-order chi connectivity index (χ0) is 14.7. The minimum atomic E-state index is 0.154. The maximum absolute atomic E-state index is 6.24. The SMILES string of the molecule is CCCNC(C)c1nnn(-c2cccc(Cl)c2Cl)c1C. The summed E-state index contributed by atoms with van der Waals surface area (Å²) in [6.45, 7) is 7.15. The molecule has 20 heavy (non-hydrogen) atoms. The molecule has 6 heteroatoms. The summed E-state index contributed by atoms with van der Waals surface area (Å²) < 4.78 is 1.73. The molecule has 0 bridgehead atoms. The van der Waals surface area contributed by atoms with E-state index in [1.54, 1.807) is 10.7 Å². The third kappa shape index (κ3) is 2.97. The Morgan fingerprint density at radius 1 is 1.35 bits per heavy atom. The lowest BCUT2D eigenvalue weighted by atomic mass is 10.2. The zero-order valence-electron chi connectivity index (χ0n) is 11.8. The van der Waals surface area contributed by atoms with E-state index in [1.165, 1.54) is 0 Å². The van der Waals surface area contributed by atoms with Crippen molar-refractivity contribution in [3.8, 4) is 5.69 Å². The van der Waals surface area contributed by atoms with E-state index in [0.717, 1.165) is 30.0 Å². The summed E-state index contributed by atoms with van der Waals surface area (Å²) >= 11 is 12.3. The largest absolute Gasteiger partial charge is 0.309 e. The Morgan fingerprint density at radius 2 is 2.10 bits per heavy atom. The monoisotopic (exact) mass is 312 g/mol. The average molecular weight is 313 g/mol. The van der Waals surface area contributed by atoms with Crippen molar-refractivity contribution in [3.05, 3.63) is 39.6 Å². The van der Waals surface area contributed by atoms with E-state index in [-0.39, 0.29) is 6.04 Å². The van der Waals surface area contributed by atoms with Crippen LogP contribution < -0.4 is 5.32 Å². The number of rotatable bonds is 5. The zero-order valence-corrected chi connectivity index (χ0v) is 13.3. The number of benzene rings is 1.